The minimum absolute atomic E-state index is 0.426. The minimum Gasteiger partial charge on any atom is -0.444 e. The number of hydrogen-bond acceptors (Lipinski definition) is 5. The molecule has 22 heavy (non-hydrogen) atoms. The molecule has 1 fully saturated rings. The first kappa shape index (κ1) is 16.8. The highest BCUT2D eigenvalue weighted by Crippen LogP contribution is 2.39. The van der Waals surface area contributed by atoms with Gasteiger partial charge < -0.3 is 15.4 Å². The quantitative estimate of drug-likeness (QED) is 0.641. The molecule has 0 atom stereocenters. The zero-order valence-electron chi connectivity index (χ0n) is 13.5. The van der Waals surface area contributed by atoms with Crippen LogP contribution >= 0.6 is 11.6 Å². The van der Waals surface area contributed by atoms with E-state index >= 15 is 0 Å². The van der Waals surface area contributed by atoms with E-state index in [-0.39, 0.29) is 0 Å². The van der Waals surface area contributed by atoms with Crippen molar-refractivity contribution < 1.29 is 9.53 Å². The average Bonchev–Trinajstić information content (AvgIpc) is 3.21. The van der Waals surface area contributed by atoms with Gasteiger partial charge in [0.25, 0.3) is 0 Å². The largest absolute Gasteiger partial charge is 0.444 e. The first-order valence-corrected chi connectivity index (χ1v) is 7.89. The molecule has 2 N–H and O–H groups in total. The van der Waals surface area contributed by atoms with Gasteiger partial charge in [-0.1, -0.05) is 11.6 Å². The molecule has 1 aliphatic carbocycles. The Morgan fingerprint density at radius 1 is 1.32 bits per heavy atom. The first-order valence-electron chi connectivity index (χ1n) is 7.51. The molecule has 0 bridgehead atoms. The van der Waals surface area contributed by atoms with Crippen LogP contribution in [0.15, 0.2) is 0 Å². The van der Waals surface area contributed by atoms with Crippen LogP contribution in [-0.2, 0) is 4.74 Å². The number of nitrogens with zero attached hydrogens (tertiary/aromatic N) is 2. The molecule has 0 radical (unpaired) electrons. The fourth-order valence-corrected chi connectivity index (χ4v) is 2.04. The number of amides is 1. The maximum Gasteiger partial charge on any atom is 0.407 e. The maximum atomic E-state index is 11.5. The molecule has 2 rings (SSSR count). The third kappa shape index (κ3) is 5.02. The normalized spacial score (nSPS) is 14.6. The Bertz CT molecular complexity index is 553. The molecule has 122 valence electrons. The van der Waals surface area contributed by atoms with Crippen LogP contribution in [0, 0.1) is 6.92 Å². The van der Waals surface area contributed by atoms with Crippen molar-refractivity contribution in [1.29, 1.82) is 0 Å². The van der Waals surface area contributed by atoms with Gasteiger partial charge in [0.1, 0.15) is 22.4 Å². The number of anilines is 1. The molecule has 1 heterocycles. The second-order valence-corrected chi connectivity index (χ2v) is 6.83. The highest BCUT2D eigenvalue weighted by molar-refractivity contribution is 6.30. The van der Waals surface area contributed by atoms with Gasteiger partial charge in [-0.25, -0.2) is 14.8 Å². The molecule has 7 heteroatoms. The lowest BCUT2D eigenvalue weighted by atomic mass is 10.2. The SMILES string of the molecule is Cc1c(Cl)nc(C2CC2)nc1NCCNC(=O)OC(C)(C)C. The fraction of sp³-hybridized carbons (Fsp3) is 0.667. The molecule has 1 aliphatic rings. The lowest BCUT2D eigenvalue weighted by molar-refractivity contribution is 0.0530. The number of ether oxygens (including phenoxy) is 1. The van der Waals surface area contributed by atoms with Crippen LogP contribution in [0.5, 0.6) is 0 Å². The molecular formula is C15H23ClN4O2. The average molecular weight is 327 g/mol. The molecule has 1 amide bonds. The van der Waals surface area contributed by atoms with Crippen molar-refractivity contribution in [3.05, 3.63) is 16.5 Å². The van der Waals surface area contributed by atoms with Crippen LogP contribution < -0.4 is 10.6 Å². The Morgan fingerprint density at radius 2 is 2.00 bits per heavy atom. The summed E-state index contributed by atoms with van der Waals surface area (Å²) in [6, 6.07) is 0. The van der Waals surface area contributed by atoms with Gasteiger partial charge in [-0.15, -0.1) is 0 Å². The highest BCUT2D eigenvalue weighted by atomic mass is 35.5. The second-order valence-electron chi connectivity index (χ2n) is 6.48. The van der Waals surface area contributed by atoms with E-state index in [1.165, 1.54) is 0 Å². The van der Waals surface area contributed by atoms with Crippen LogP contribution in [0.4, 0.5) is 10.6 Å². The molecule has 0 aliphatic heterocycles. The summed E-state index contributed by atoms with van der Waals surface area (Å²) in [5.41, 5.74) is 0.330. The molecular weight excluding hydrogens is 304 g/mol. The minimum atomic E-state index is -0.493. The molecule has 0 aromatic carbocycles. The summed E-state index contributed by atoms with van der Waals surface area (Å²) < 4.78 is 5.17. The summed E-state index contributed by atoms with van der Waals surface area (Å²) in [6.07, 6.45) is 1.82. The summed E-state index contributed by atoms with van der Waals surface area (Å²) in [5.74, 6) is 1.98. The molecule has 1 aromatic rings. The van der Waals surface area contributed by atoms with Crippen LogP contribution in [-0.4, -0.2) is 34.8 Å². The Morgan fingerprint density at radius 3 is 2.59 bits per heavy atom. The van der Waals surface area contributed by atoms with Gasteiger partial charge >= 0.3 is 6.09 Å². The molecule has 6 nitrogen and oxygen atoms in total. The van der Waals surface area contributed by atoms with Gasteiger partial charge in [0.2, 0.25) is 0 Å². The van der Waals surface area contributed by atoms with Gasteiger partial charge in [-0.3, -0.25) is 0 Å². The van der Waals surface area contributed by atoms with Crippen molar-refractivity contribution >= 4 is 23.5 Å². The predicted octanol–water partition coefficient (Wildman–Crippen LogP) is 3.25. The number of hydrogen-bond donors (Lipinski definition) is 2. The van der Waals surface area contributed by atoms with E-state index in [1.54, 1.807) is 0 Å². The lowest BCUT2D eigenvalue weighted by Crippen LogP contribution is -2.35. The Hall–Kier alpha value is -1.56. The van der Waals surface area contributed by atoms with Gasteiger partial charge in [-0.05, 0) is 40.5 Å². The Kier molecular flexibility index (Phi) is 5.11. The highest BCUT2D eigenvalue weighted by Gasteiger charge is 2.28. The fourth-order valence-electron chi connectivity index (χ4n) is 1.86. The maximum absolute atomic E-state index is 11.5. The first-order chi connectivity index (χ1) is 10.3. The van der Waals surface area contributed by atoms with E-state index in [2.05, 4.69) is 20.6 Å². The summed E-state index contributed by atoms with van der Waals surface area (Å²) in [7, 11) is 0. The van der Waals surface area contributed by atoms with E-state index in [4.69, 9.17) is 16.3 Å². The van der Waals surface area contributed by atoms with E-state index in [9.17, 15) is 4.79 Å². The lowest BCUT2D eigenvalue weighted by Gasteiger charge is -2.19. The molecule has 0 spiro atoms. The summed E-state index contributed by atoms with van der Waals surface area (Å²) in [6.45, 7) is 8.35. The summed E-state index contributed by atoms with van der Waals surface area (Å²) >= 11 is 6.15. The van der Waals surface area contributed by atoms with E-state index in [0.717, 1.165) is 30.0 Å². The topological polar surface area (TPSA) is 76.1 Å². The van der Waals surface area contributed by atoms with Crippen LogP contribution in [0.2, 0.25) is 5.15 Å². The van der Waals surface area contributed by atoms with E-state index in [0.29, 0.717) is 24.2 Å². The van der Waals surface area contributed by atoms with Crippen molar-refractivity contribution in [2.45, 2.75) is 52.1 Å². The van der Waals surface area contributed by atoms with Crippen LogP contribution in [0.25, 0.3) is 0 Å². The van der Waals surface area contributed by atoms with Crippen LogP contribution in [0.3, 0.4) is 0 Å². The van der Waals surface area contributed by atoms with Crippen molar-refractivity contribution in [3.8, 4) is 0 Å². The zero-order chi connectivity index (χ0) is 16.3. The summed E-state index contributed by atoms with van der Waals surface area (Å²) in [4.78, 5) is 20.4. The third-order valence-electron chi connectivity index (χ3n) is 3.13. The molecule has 1 aromatic heterocycles. The second kappa shape index (κ2) is 6.69. The number of carbonyl (C=O) groups is 1. The number of nitrogens with one attached hydrogen (secondary N) is 2. The Balaban J connectivity index is 1.83. The monoisotopic (exact) mass is 326 g/mol. The van der Waals surface area contributed by atoms with Crippen molar-refractivity contribution in [1.82, 2.24) is 15.3 Å². The smallest absolute Gasteiger partial charge is 0.407 e. The number of rotatable bonds is 5. The van der Waals surface area contributed by atoms with E-state index in [1.807, 2.05) is 27.7 Å². The third-order valence-corrected chi connectivity index (χ3v) is 3.50. The van der Waals surface area contributed by atoms with Gasteiger partial charge in [0.15, 0.2) is 0 Å². The zero-order valence-corrected chi connectivity index (χ0v) is 14.3. The number of carbonyl (C=O) groups excluding carboxylic acids is 1. The summed E-state index contributed by atoms with van der Waals surface area (Å²) in [5, 5.41) is 6.37. The number of aromatic nitrogens is 2. The Labute approximate surface area is 136 Å². The number of halogens is 1. The van der Waals surface area contributed by atoms with Crippen molar-refractivity contribution in [2.24, 2.45) is 0 Å². The van der Waals surface area contributed by atoms with E-state index < -0.39 is 11.7 Å². The number of alkyl carbamates (subject to hydrolysis) is 1. The van der Waals surface area contributed by atoms with Crippen LogP contribution in [0.1, 0.15) is 50.9 Å². The van der Waals surface area contributed by atoms with Crippen molar-refractivity contribution in [3.63, 3.8) is 0 Å². The predicted molar refractivity (Wildman–Crippen MR) is 86.5 cm³/mol. The standard InChI is InChI=1S/C15H23ClN4O2/c1-9-11(16)19-13(10-5-6-10)20-12(9)17-7-8-18-14(21)22-15(2,3)4/h10H,5-8H2,1-4H3,(H,18,21)(H,17,19,20). The van der Waals surface area contributed by atoms with Crippen molar-refractivity contribution in [2.75, 3.05) is 18.4 Å². The van der Waals surface area contributed by atoms with Gasteiger partial charge in [0.05, 0.1) is 0 Å². The molecule has 0 unspecified atom stereocenters. The molecule has 1 saturated carbocycles. The van der Waals surface area contributed by atoms with Gasteiger partial charge in [0, 0.05) is 24.6 Å². The molecule has 0 saturated heterocycles. The van der Waals surface area contributed by atoms with Gasteiger partial charge in [-0.2, -0.15) is 0 Å².